The van der Waals surface area contributed by atoms with Crippen molar-refractivity contribution in [2.45, 2.75) is 19.4 Å². The van der Waals surface area contributed by atoms with E-state index in [4.69, 9.17) is 11.6 Å². The van der Waals surface area contributed by atoms with Crippen molar-refractivity contribution in [1.82, 2.24) is 4.57 Å². The SMILES string of the molecule is Cn1cc(C(C)(C)O)c2cccc(Cl)c21. The molecule has 0 bridgehead atoms. The maximum absolute atomic E-state index is 10.0. The van der Waals surface area contributed by atoms with Crippen molar-refractivity contribution in [2.24, 2.45) is 7.05 Å². The number of aliphatic hydroxyl groups is 1. The lowest BCUT2D eigenvalue weighted by molar-refractivity contribution is 0.0800. The van der Waals surface area contributed by atoms with Crippen molar-refractivity contribution in [1.29, 1.82) is 0 Å². The summed E-state index contributed by atoms with van der Waals surface area (Å²) in [5.41, 5.74) is 1.03. The highest BCUT2D eigenvalue weighted by Crippen LogP contribution is 2.33. The fraction of sp³-hybridized carbons (Fsp3) is 0.333. The molecule has 0 fully saturated rings. The summed E-state index contributed by atoms with van der Waals surface area (Å²) in [7, 11) is 1.93. The summed E-state index contributed by atoms with van der Waals surface area (Å²) in [4.78, 5) is 0. The first-order chi connectivity index (χ1) is 6.91. The molecule has 2 nitrogen and oxygen atoms in total. The molecule has 1 N–H and O–H groups in total. The fourth-order valence-corrected chi connectivity index (χ4v) is 2.21. The maximum Gasteiger partial charge on any atom is 0.0861 e. The highest BCUT2D eigenvalue weighted by molar-refractivity contribution is 6.35. The minimum absolute atomic E-state index is 0.713. The third-order valence-electron chi connectivity index (χ3n) is 2.61. The number of nitrogens with zero attached hydrogens (tertiary/aromatic N) is 1. The Morgan fingerprint density at radius 3 is 2.60 bits per heavy atom. The smallest absolute Gasteiger partial charge is 0.0861 e. The highest BCUT2D eigenvalue weighted by Gasteiger charge is 2.21. The van der Waals surface area contributed by atoms with E-state index in [1.54, 1.807) is 13.8 Å². The molecule has 2 rings (SSSR count). The Balaban J connectivity index is 2.85. The van der Waals surface area contributed by atoms with Gasteiger partial charge in [-0.2, -0.15) is 0 Å². The van der Waals surface area contributed by atoms with Crippen LogP contribution in [0.2, 0.25) is 5.02 Å². The van der Waals surface area contributed by atoms with Crippen LogP contribution in [-0.4, -0.2) is 9.67 Å². The molecule has 0 amide bonds. The van der Waals surface area contributed by atoms with Crippen LogP contribution in [0.5, 0.6) is 0 Å². The van der Waals surface area contributed by atoms with Gasteiger partial charge in [-0.1, -0.05) is 23.7 Å². The van der Waals surface area contributed by atoms with E-state index in [0.29, 0.717) is 5.02 Å². The van der Waals surface area contributed by atoms with Crippen LogP contribution in [0.1, 0.15) is 19.4 Å². The summed E-state index contributed by atoms with van der Waals surface area (Å²) in [5.74, 6) is 0. The highest BCUT2D eigenvalue weighted by atomic mass is 35.5. The number of halogens is 1. The van der Waals surface area contributed by atoms with Crippen LogP contribution in [0.25, 0.3) is 10.9 Å². The fourth-order valence-electron chi connectivity index (χ4n) is 1.91. The quantitative estimate of drug-likeness (QED) is 0.790. The van der Waals surface area contributed by atoms with Crippen LogP contribution in [0.4, 0.5) is 0 Å². The third kappa shape index (κ3) is 1.64. The number of rotatable bonds is 1. The summed E-state index contributed by atoms with van der Waals surface area (Å²) in [5, 5.41) is 11.8. The molecule has 0 radical (unpaired) electrons. The Morgan fingerprint density at radius 2 is 2.00 bits per heavy atom. The van der Waals surface area contributed by atoms with Crippen molar-refractivity contribution in [3.63, 3.8) is 0 Å². The molecular formula is C12H14ClNO. The first-order valence-electron chi connectivity index (χ1n) is 4.87. The number of aryl methyl sites for hydroxylation is 1. The number of fused-ring (bicyclic) bond motifs is 1. The average Bonchev–Trinajstić information content (AvgIpc) is 2.44. The molecule has 0 atom stereocenters. The van der Waals surface area contributed by atoms with Crippen molar-refractivity contribution in [3.05, 3.63) is 35.0 Å². The lowest BCUT2D eigenvalue weighted by atomic mass is 9.98. The minimum atomic E-state index is -0.843. The van der Waals surface area contributed by atoms with Gasteiger partial charge >= 0.3 is 0 Å². The Bertz CT molecular complexity index is 508. The predicted molar refractivity (Wildman–Crippen MR) is 63.2 cm³/mol. The van der Waals surface area contributed by atoms with Gasteiger partial charge in [0.2, 0.25) is 0 Å². The number of benzene rings is 1. The normalized spacial score (nSPS) is 12.3. The third-order valence-corrected chi connectivity index (χ3v) is 2.92. The van der Waals surface area contributed by atoms with Crippen LogP contribution in [0.3, 0.4) is 0 Å². The van der Waals surface area contributed by atoms with Crippen LogP contribution in [0, 0.1) is 0 Å². The molecule has 0 saturated carbocycles. The Labute approximate surface area is 94.1 Å². The number of hydrogen-bond donors (Lipinski definition) is 1. The number of hydrogen-bond acceptors (Lipinski definition) is 1. The summed E-state index contributed by atoms with van der Waals surface area (Å²) in [6, 6.07) is 5.74. The molecule has 0 spiro atoms. The second-order valence-electron chi connectivity index (χ2n) is 4.35. The molecule has 2 aromatic rings. The standard InChI is InChI=1S/C12H14ClNO/c1-12(2,15)9-7-14(3)11-8(9)5-4-6-10(11)13/h4-7,15H,1-3H3. The van der Waals surface area contributed by atoms with Gasteiger partial charge < -0.3 is 9.67 Å². The Morgan fingerprint density at radius 1 is 1.33 bits per heavy atom. The van der Waals surface area contributed by atoms with E-state index >= 15 is 0 Å². The molecule has 15 heavy (non-hydrogen) atoms. The predicted octanol–water partition coefficient (Wildman–Crippen LogP) is 3.06. The summed E-state index contributed by atoms with van der Waals surface area (Å²) < 4.78 is 1.95. The molecule has 80 valence electrons. The number of para-hydroxylation sites is 1. The van der Waals surface area contributed by atoms with Gasteiger partial charge in [-0.15, -0.1) is 0 Å². The van der Waals surface area contributed by atoms with E-state index in [2.05, 4.69) is 0 Å². The second-order valence-corrected chi connectivity index (χ2v) is 4.76. The number of aromatic nitrogens is 1. The average molecular weight is 224 g/mol. The van der Waals surface area contributed by atoms with Gasteiger partial charge in [0, 0.05) is 24.2 Å². The monoisotopic (exact) mass is 223 g/mol. The van der Waals surface area contributed by atoms with E-state index in [-0.39, 0.29) is 0 Å². The van der Waals surface area contributed by atoms with E-state index in [9.17, 15) is 5.11 Å². The van der Waals surface area contributed by atoms with E-state index < -0.39 is 5.60 Å². The summed E-state index contributed by atoms with van der Waals surface area (Å²) >= 11 is 6.12. The Kier molecular flexibility index (Phi) is 2.28. The van der Waals surface area contributed by atoms with Crippen molar-refractivity contribution < 1.29 is 5.11 Å². The zero-order valence-electron chi connectivity index (χ0n) is 9.08. The molecule has 0 aliphatic rings. The topological polar surface area (TPSA) is 25.2 Å². The zero-order valence-corrected chi connectivity index (χ0v) is 9.84. The van der Waals surface area contributed by atoms with Crippen LogP contribution in [-0.2, 0) is 12.6 Å². The molecular weight excluding hydrogens is 210 g/mol. The maximum atomic E-state index is 10.0. The van der Waals surface area contributed by atoms with Gasteiger partial charge in [0.25, 0.3) is 0 Å². The van der Waals surface area contributed by atoms with Crippen molar-refractivity contribution >= 4 is 22.5 Å². The molecule has 0 aliphatic heterocycles. The molecule has 0 aliphatic carbocycles. The molecule has 0 unspecified atom stereocenters. The Hall–Kier alpha value is -0.990. The molecule has 1 heterocycles. The molecule has 0 saturated heterocycles. The van der Waals surface area contributed by atoms with Gasteiger partial charge in [0.15, 0.2) is 0 Å². The molecule has 1 aromatic heterocycles. The van der Waals surface area contributed by atoms with Gasteiger partial charge in [0.05, 0.1) is 16.1 Å². The zero-order chi connectivity index (χ0) is 11.2. The van der Waals surface area contributed by atoms with Gasteiger partial charge in [0.1, 0.15) is 0 Å². The minimum Gasteiger partial charge on any atom is -0.386 e. The van der Waals surface area contributed by atoms with Gasteiger partial charge in [-0.3, -0.25) is 0 Å². The van der Waals surface area contributed by atoms with Crippen LogP contribution < -0.4 is 0 Å². The summed E-state index contributed by atoms with van der Waals surface area (Å²) in [6.45, 7) is 3.56. The van der Waals surface area contributed by atoms with Crippen LogP contribution >= 0.6 is 11.6 Å². The van der Waals surface area contributed by atoms with E-state index in [0.717, 1.165) is 16.5 Å². The first kappa shape index (κ1) is 10.5. The van der Waals surface area contributed by atoms with Gasteiger partial charge in [-0.25, -0.2) is 0 Å². The largest absolute Gasteiger partial charge is 0.386 e. The first-order valence-corrected chi connectivity index (χ1v) is 5.25. The molecule has 1 aromatic carbocycles. The van der Waals surface area contributed by atoms with Crippen molar-refractivity contribution in [3.8, 4) is 0 Å². The lowest BCUT2D eigenvalue weighted by Gasteiger charge is -2.16. The van der Waals surface area contributed by atoms with Crippen molar-refractivity contribution in [2.75, 3.05) is 0 Å². The lowest BCUT2D eigenvalue weighted by Crippen LogP contribution is -2.14. The second kappa shape index (κ2) is 3.26. The van der Waals surface area contributed by atoms with Crippen LogP contribution in [0.15, 0.2) is 24.4 Å². The van der Waals surface area contributed by atoms with E-state index in [1.165, 1.54) is 0 Å². The van der Waals surface area contributed by atoms with E-state index in [1.807, 2.05) is 36.0 Å². The summed E-state index contributed by atoms with van der Waals surface area (Å²) in [6.07, 6.45) is 1.93. The molecule has 3 heteroatoms. The van der Waals surface area contributed by atoms with Gasteiger partial charge in [-0.05, 0) is 19.9 Å².